The van der Waals surface area contributed by atoms with Crippen LogP contribution in [0.2, 0.25) is 10.0 Å². The summed E-state index contributed by atoms with van der Waals surface area (Å²) in [7, 11) is -3.10. The van der Waals surface area contributed by atoms with E-state index >= 15 is 0 Å². The Bertz CT molecular complexity index is 782. The predicted molar refractivity (Wildman–Crippen MR) is 85.3 cm³/mol. The molecule has 1 saturated heterocycles. The average molecular weight is 359 g/mol. The summed E-state index contributed by atoms with van der Waals surface area (Å²) in [6.45, 7) is 0. The lowest BCUT2D eigenvalue weighted by atomic mass is 10.1. The first-order chi connectivity index (χ1) is 10.3. The molecule has 116 valence electrons. The highest BCUT2D eigenvalue weighted by Gasteiger charge is 2.29. The lowest BCUT2D eigenvalue weighted by Gasteiger charge is -2.10. The van der Waals surface area contributed by atoms with Gasteiger partial charge in [-0.25, -0.2) is 8.42 Å². The van der Waals surface area contributed by atoms with Gasteiger partial charge in [0.1, 0.15) is 11.6 Å². The number of nitrogens with one attached hydrogen (secondary N) is 1. The van der Waals surface area contributed by atoms with Gasteiger partial charge in [-0.1, -0.05) is 29.3 Å². The first-order valence-corrected chi connectivity index (χ1v) is 8.96. The third kappa shape index (κ3) is 4.23. The quantitative estimate of drug-likeness (QED) is 0.662. The van der Waals surface area contributed by atoms with Crippen LogP contribution in [0, 0.1) is 11.3 Å². The van der Waals surface area contributed by atoms with Crippen molar-refractivity contribution in [1.82, 2.24) is 5.32 Å². The van der Waals surface area contributed by atoms with Gasteiger partial charge < -0.3 is 5.32 Å². The van der Waals surface area contributed by atoms with Crippen LogP contribution in [-0.2, 0) is 14.6 Å². The molecule has 0 aromatic heterocycles. The number of nitrogens with zero attached hydrogens (tertiary/aromatic N) is 1. The Kier molecular flexibility index (Phi) is 5.12. The van der Waals surface area contributed by atoms with Gasteiger partial charge in [0.25, 0.3) is 5.91 Å². The van der Waals surface area contributed by atoms with Crippen molar-refractivity contribution in [3.63, 3.8) is 0 Å². The third-order valence-electron chi connectivity index (χ3n) is 3.20. The minimum absolute atomic E-state index is 0.0482. The average Bonchev–Trinajstić information content (AvgIpc) is 2.77. The van der Waals surface area contributed by atoms with E-state index in [1.807, 2.05) is 0 Å². The van der Waals surface area contributed by atoms with Gasteiger partial charge in [0, 0.05) is 16.1 Å². The Morgan fingerprint density at radius 1 is 1.41 bits per heavy atom. The summed E-state index contributed by atoms with van der Waals surface area (Å²) in [6.07, 6.45) is 1.70. The van der Waals surface area contributed by atoms with Crippen molar-refractivity contribution >= 4 is 45.0 Å². The van der Waals surface area contributed by atoms with Crippen LogP contribution in [0.15, 0.2) is 23.8 Å². The summed E-state index contributed by atoms with van der Waals surface area (Å²) in [5, 5.41) is 12.4. The zero-order valence-corrected chi connectivity index (χ0v) is 13.7. The Morgan fingerprint density at radius 3 is 2.68 bits per heavy atom. The maximum atomic E-state index is 12.1. The summed E-state index contributed by atoms with van der Waals surface area (Å²) in [6, 6.07) is 6.02. The second kappa shape index (κ2) is 6.69. The number of sulfone groups is 1. The second-order valence-electron chi connectivity index (χ2n) is 4.91. The van der Waals surface area contributed by atoms with Crippen molar-refractivity contribution in [2.45, 2.75) is 12.5 Å². The molecule has 0 unspecified atom stereocenters. The zero-order valence-electron chi connectivity index (χ0n) is 11.3. The number of hydrogen-bond acceptors (Lipinski definition) is 4. The third-order valence-corrected chi connectivity index (χ3v) is 5.53. The summed E-state index contributed by atoms with van der Waals surface area (Å²) in [5.74, 6) is -0.665. The number of hydrogen-bond donors (Lipinski definition) is 1. The smallest absolute Gasteiger partial charge is 0.262 e. The maximum Gasteiger partial charge on any atom is 0.262 e. The van der Waals surface area contributed by atoms with Crippen LogP contribution in [0.25, 0.3) is 6.08 Å². The van der Waals surface area contributed by atoms with E-state index in [-0.39, 0.29) is 17.1 Å². The van der Waals surface area contributed by atoms with E-state index in [9.17, 15) is 13.2 Å². The Balaban J connectivity index is 2.16. The molecular formula is C14H12Cl2N2O3S. The number of carbonyl (C=O) groups is 1. The molecule has 0 radical (unpaired) electrons. The largest absolute Gasteiger partial charge is 0.348 e. The normalized spacial score (nSPS) is 20.4. The first kappa shape index (κ1) is 16.8. The molecule has 22 heavy (non-hydrogen) atoms. The molecule has 1 atom stereocenters. The fraction of sp³-hybridized carbons (Fsp3) is 0.286. The highest BCUT2D eigenvalue weighted by molar-refractivity contribution is 7.91. The highest BCUT2D eigenvalue weighted by atomic mass is 35.5. The van der Waals surface area contributed by atoms with Gasteiger partial charge in [0.15, 0.2) is 9.84 Å². The molecule has 2 rings (SSSR count). The molecule has 5 nitrogen and oxygen atoms in total. The summed E-state index contributed by atoms with van der Waals surface area (Å²) in [5.41, 5.74) is 0.338. The fourth-order valence-electron chi connectivity index (χ4n) is 2.09. The first-order valence-electron chi connectivity index (χ1n) is 6.39. The van der Waals surface area contributed by atoms with E-state index in [1.165, 1.54) is 12.1 Å². The standard InChI is InChI=1S/C14H12Cl2N2O3S/c15-11-2-1-9(13(16)6-11)5-10(7-17)14(19)18-12-3-4-22(20,21)8-12/h1-2,5-6,12H,3-4,8H2,(H,18,19)/b10-5+/t12-/m1/s1. The summed E-state index contributed by atoms with van der Waals surface area (Å²) >= 11 is 11.8. The topological polar surface area (TPSA) is 87.0 Å². The monoisotopic (exact) mass is 358 g/mol. The maximum absolute atomic E-state index is 12.1. The fourth-order valence-corrected chi connectivity index (χ4v) is 4.23. The molecule has 1 amide bonds. The van der Waals surface area contributed by atoms with Crippen LogP contribution in [0.5, 0.6) is 0 Å². The molecule has 1 fully saturated rings. The van der Waals surface area contributed by atoms with E-state index in [0.29, 0.717) is 22.0 Å². The van der Waals surface area contributed by atoms with Crippen LogP contribution in [0.3, 0.4) is 0 Å². The highest BCUT2D eigenvalue weighted by Crippen LogP contribution is 2.23. The van der Waals surface area contributed by atoms with Gasteiger partial charge in [-0.2, -0.15) is 5.26 Å². The second-order valence-corrected chi connectivity index (χ2v) is 7.98. The molecule has 0 bridgehead atoms. The van der Waals surface area contributed by atoms with Crippen molar-refractivity contribution in [1.29, 1.82) is 5.26 Å². The SMILES string of the molecule is N#C/C(=C\c1ccc(Cl)cc1Cl)C(=O)N[C@@H]1CCS(=O)(=O)C1. The molecule has 8 heteroatoms. The predicted octanol–water partition coefficient (Wildman–Crippen LogP) is 2.20. The minimum Gasteiger partial charge on any atom is -0.348 e. The number of rotatable bonds is 3. The molecule has 0 saturated carbocycles. The Morgan fingerprint density at radius 2 is 2.14 bits per heavy atom. The van der Waals surface area contributed by atoms with E-state index in [1.54, 1.807) is 18.2 Å². The van der Waals surface area contributed by atoms with Crippen molar-refractivity contribution in [2.24, 2.45) is 0 Å². The molecule has 0 aliphatic carbocycles. The van der Waals surface area contributed by atoms with Crippen LogP contribution in [0.1, 0.15) is 12.0 Å². The lowest BCUT2D eigenvalue weighted by molar-refractivity contribution is -0.117. The molecule has 1 aliphatic heterocycles. The summed E-state index contributed by atoms with van der Waals surface area (Å²) < 4.78 is 22.7. The number of benzene rings is 1. The molecule has 1 aromatic rings. The zero-order chi connectivity index (χ0) is 16.3. The molecule has 1 N–H and O–H groups in total. The number of nitriles is 1. The van der Waals surface area contributed by atoms with Crippen LogP contribution < -0.4 is 5.32 Å². The van der Waals surface area contributed by atoms with E-state index in [4.69, 9.17) is 28.5 Å². The van der Waals surface area contributed by atoms with Gasteiger partial charge in [-0.3, -0.25) is 4.79 Å². The van der Waals surface area contributed by atoms with E-state index in [0.717, 1.165) is 0 Å². The van der Waals surface area contributed by atoms with Crippen molar-refractivity contribution in [2.75, 3.05) is 11.5 Å². The van der Waals surface area contributed by atoms with Gasteiger partial charge in [0.2, 0.25) is 0 Å². The van der Waals surface area contributed by atoms with E-state index < -0.39 is 21.8 Å². The summed E-state index contributed by atoms with van der Waals surface area (Å²) in [4.78, 5) is 12.1. The Hall–Kier alpha value is -1.55. The minimum atomic E-state index is -3.10. The van der Waals surface area contributed by atoms with Crippen molar-refractivity contribution in [3.05, 3.63) is 39.4 Å². The number of halogens is 2. The van der Waals surface area contributed by atoms with Crippen molar-refractivity contribution in [3.8, 4) is 6.07 Å². The van der Waals surface area contributed by atoms with Crippen LogP contribution in [0.4, 0.5) is 0 Å². The molecular weight excluding hydrogens is 347 g/mol. The number of carbonyl (C=O) groups excluding carboxylic acids is 1. The molecule has 1 aromatic carbocycles. The van der Waals surface area contributed by atoms with Crippen molar-refractivity contribution < 1.29 is 13.2 Å². The lowest BCUT2D eigenvalue weighted by Crippen LogP contribution is -2.36. The molecule has 0 spiro atoms. The van der Waals surface area contributed by atoms with Crippen LogP contribution >= 0.6 is 23.2 Å². The van der Waals surface area contributed by atoms with Gasteiger partial charge >= 0.3 is 0 Å². The Labute approximate surface area is 138 Å². The number of amides is 1. The van der Waals surface area contributed by atoms with Crippen LogP contribution in [-0.4, -0.2) is 31.9 Å². The van der Waals surface area contributed by atoms with Gasteiger partial charge in [-0.15, -0.1) is 0 Å². The van der Waals surface area contributed by atoms with Gasteiger partial charge in [0.05, 0.1) is 11.5 Å². The van der Waals surface area contributed by atoms with E-state index in [2.05, 4.69) is 5.32 Å². The van der Waals surface area contributed by atoms with Gasteiger partial charge in [-0.05, 0) is 30.2 Å². The molecule has 1 heterocycles. The molecule has 1 aliphatic rings.